The summed E-state index contributed by atoms with van der Waals surface area (Å²) in [5.74, 6) is 0.0173. The summed E-state index contributed by atoms with van der Waals surface area (Å²) in [7, 11) is 0. The molecule has 0 aliphatic rings. The lowest BCUT2D eigenvalue weighted by Crippen LogP contribution is -2.23. The number of aromatic hydroxyl groups is 1. The summed E-state index contributed by atoms with van der Waals surface area (Å²) >= 11 is 0. The average Bonchev–Trinajstić information content (AvgIpc) is 2.34. The fourth-order valence-electron chi connectivity index (χ4n) is 1.88. The van der Waals surface area contributed by atoms with E-state index in [0.29, 0.717) is 12.1 Å². The Morgan fingerprint density at radius 2 is 1.72 bits per heavy atom. The summed E-state index contributed by atoms with van der Waals surface area (Å²) in [4.78, 5) is 12.1. The highest BCUT2D eigenvalue weighted by molar-refractivity contribution is 5.29. The first-order valence-electron chi connectivity index (χ1n) is 5.94. The zero-order chi connectivity index (χ0) is 13.3. The first-order chi connectivity index (χ1) is 8.49. The van der Waals surface area contributed by atoms with E-state index >= 15 is 0 Å². The quantitative estimate of drug-likeness (QED) is 0.880. The zero-order valence-corrected chi connectivity index (χ0v) is 10.9. The molecule has 1 heterocycles. The van der Waals surface area contributed by atoms with E-state index in [2.05, 4.69) is 0 Å². The molecule has 3 heteroatoms. The van der Waals surface area contributed by atoms with Gasteiger partial charge < -0.3 is 5.11 Å². The van der Waals surface area contributed by atoms with E-state index in [4.69, 9.17) is 0 Å². The maximum atomic E-state index is 12.1. The van der Waals surface area contributed by atoms with E-state index in [1.807, 2.05) is 38.1 Å². The monoisotopic (exact) mass is 243 g/mol. The van der Waals surface area contributed by atoms with Gasteiger partial charge in [-0.2, -0.15) is 0 Å². The maximum Gasteiger partial charge on any atom is 0.256 e. The van der Waals surface area contributed by atoms with Crippen LogP contribution in [0.2, 0.25) is 0 Å². The molecular formula is C15H17NO2. The molecule has 0 unspecified atom stereocenters. The average molecular weight is 243 g/mol. The third kappa shape index (κ3) is 2.30. The van der Waals surface area contributed by atoms with Crippen LogP contribution in [0.25, 0.3) is 0 Å². The van der Waals surface area contributed by atoms with Gasteiger partial charge in [-0.3, -0.25) is 9.36 Å². The predicted octanol–water partition coefficient (Wildman–Crippen LogP) is 2.53. The Bertz CT molecular complexity index is 624. The standard InChI is InChI=1S/C15H17NO2/c1-10-4-6-13(7-5-10)9-16-14(17)8-11(2)12(3)15(16)18/h4-8,17H,9H2,1-3H3. The SMILES string of the molecule is Cc1ccc(Cn2c(O)cc(C)c(C)c2=O)cc1. The molecular weight excluding hydrogens is 226 g/mol. The van der Waals surface area contributed by atoms with Crippen molar-refractivity contribution in [3.8, 4) is 5.88 Å². The number of benzene rings is 1. The second-order valence-electron chi connectivity index (χ2n) is 4.69. The second kappa shape index (κ2) is 4.69. The van der Waals surface area contributed by atoms with Crippen molar-refractivity contribution in [2.75, 3.05) is 0 Å². The molecule has 0 saturated carbocycles. The lowest BCUT2D eigenvalue weighted by atomic mass is 10.1. The van der Waals surface area contributed by atoms with Gasteiger partial charge >= 0.3 is 0 Å². The summed E-state index contributed by atoms with van der Waals surface area (Å²) in [6.45, 7) is 6.02. The minimum atomic E-state index is -0.131. The van der Waals surface area contributed by atoms with Crippen LogP contribution < -0.4 is 5.56 Å². The maximum absolute atomic E-state index is 12.1. The smallest absolute Gasteiger partial charge is 0.256 e. The fourth-order valence-corrected chi connectivity index (χ4v) is 1.88. The van der Waals surface area contributed by atoms with Crippen LogP contribution in [0, 0.1) is 20.8 Å². The molecule has 0 aliphatic carbocycles. The molecule has 0 aliphatic heterocycles. The molecule has 0 spiro atoms. The lowest BCUT2D eigenvalue weighted by molar-refractivity contribution is 0.413. The van der Waals surface area contributed by atoms with Crippen LogP contribution >= 0.6 is 0 Å². The van der Waals surface area contributed by atoms with Crippen LogP contribution in [0.1, 0.15) is 22.3 Å². The topological polar surface area (TPSA) is 42.2 Å². The van der Waals surface area contributed by atoms with Crippen LogP contribution in [0.15, 0.2) is 35.1 Å². The van der Waals surface area contributed by atoms with Crippen LogP contribution in [-0.4, -0.2) is 9.67 Å². The van der Waals surface area contributed by atoms with E-state index in [1.54, 1.807) is 13.0 Å². The van der Waals surface area contributed by atoms with Gasteiger partial charge in [0.05, 0.1) is 6.54 Å². The Balaban J connectivity index is 2.44. The van der Waals surface area contributed by atoms with Crippen LogP contribution in [0.4, 0.5) is 0 Å². The number of aromatic nitrogens is 1. The van der Waals surface area contributed by atoms with Crippen molar-refractivity contribution in [2.24, 2.45) is 0 Å². The normalized spacial score (nSPS) is 10.6. The lowest BCUT2D eigenvalue weighted by Gasteiger charge is -2.11. The van der Waals surface area contributed by atoms with E-state index in [-0.39, 0.29) is 11.4 Å². The summed E-state index contributed by atoms with van der Waals surface area (Å²) in [5.41, 5.74) is 3.54. The number of nitrogens with zero attached hydrogens (tertiary/aromatic N) is 1. The first-order valence-corrected chi connectivity index (χ1v) is 5.94. The van der Waals surface area contributed by atoms with Gasteiger partial charge in [0.25, 0.3) is 5.56 Å². The van der Waals surface area contributed by atoms with Crippen molar-refractivity contribution in [1.29, 1.82) is 0 Å². The fraction of sp³-hybridized carbons (Fsp3) is 0.267. The minimum Gasteiger partial charge on any atom is -0.494 e. The van der Waals surface area contributed by atoms with Crippen molar-refractivity contribution < 1.29 is 5.11 Å². The number of aryl methyl sites for hydroxylation is 2. The number of hydrogen-bond acceptors (Lipinski definition) is 2. The van der Waals surface area contributed by atoms with Crippen LogP contribution in [0.3, 0.4) is 0 Å². The van der Waals surface area contributed by atoms with E-state index in [1.165, 1.54) is 10.1 Å². The van der Waals surface area contributed by atoms with E-state index in [9.17, 15) is 9.90 Å². The molecule has 0 saturated heterocycles. The van der Waals surface area contributed by atoms with Crippen LogP contribution in [0.5, 0.6) is 5.88 Å². The number of hydrogen-bond donors (Lipinski definition) is 1. The van der Waals surface area contributed by atoms with Gasteiger partial charge in [0, 0.05) is 11.6 Å². The van der Waals surface area contributed by atoms with Crippen molar-refractivity contribution >= 4 is 0 Å². The molecule has 0 atom stereocenters. The molecule has 0 amide bonds. The molecule has 2 aromatic rings. The Hall–Kier alpha value is -2.03. The van der Waals surface area contributed by atoms with Gasteiger partial charge in [-0.05, 0) is 31.9 Å². The van der Waals surface area contributed by atoms with Gasteiger partial charge in [-0.25, -0.2) is 0 Å². The summed E-state index contributed by atoms with van der Waals surface area (Å²) in [6.07, 6.45) is 0. The summed E-state index contributed by atoms with van der Waals surface area (Å²) in [6, 6.07) is 9.56. The first kappa shape index (κ1) is 12.4. The summed E-state index contributed by atoms with van der Waals surface area (Å²) < 4.78 is 1.40. The molecule has 18 heavy (non-hydrogen) atoms. The molecule has 1 aromatic heterocycles. The van der Waals surface area contributed by atoms with Gasteiger partial charge in [-0.15, -0.1) is 0 Å². The highest BCUT2D eigenvalue weighted by Gasteiger charge is 2.08. The third-order valence-electron chi connectivity index (χ3n) is 3.24. The van der Waals surface area contributed by atoms with Crippen LogP contribution in [-0.2, 0) is 6.54 Å². The highest BCUT2D eigenvalue weighted by Crippen LogP contribution is 2.14. The van der Waals surface area contributed by atoms with Crippen molar-refractivity contribution in [2.45, 2.75) is 27.3 Å². The zero-order valence-electron chi connectivity index (χ0n) is 10.9. The largest absolute Gasteiger partial charge is 0.494 e. The third-order valence-corrected chi connectivity index (χ3v) is 3.24. The minimum absolute atomic E-state index is 0.0173. The second-order valence-corrected chi connectivity index (χ2v) is 4.69. The molecule has 1 N–H and O–H groups in total. The number of rotatable bonds is 2. The Morgan fingerprint density at radius 1 is 1.11 bits per heavy atom. The van der Waals surface area contributed by atoms with Gasteiger partial charge in [0.2, 0.25) is 0 Å². The summed E-state index contributed by atoms with van der Waals surface area (Å²) in [5, 5.41) is 9.88. The molecule has 0 radical (unpaired) electrons. The van der Waals surface area contributed by atoms with Gasteiger partial charge in [-0.1, -0.05) is 29.8 Å². The van der Waals surface area contributed by atoms with Crippen molar-refractivity contribution in [3.63, 3.8) is 0 Å². The Labute approximate surface area is 106 Å². The van der Waals surface area contributed by atoms with E-state index in [0.717, 1.165) is 11.1 Å². The molecule has 0 bridgehead atoms. The predicted molar refractivity (Wildman–Crippen MR) is 72.1 cm³/mol. The Kier molecular flexibility index (Phi) is 3.24. The molecule has 94 valence electrons. The van der Waals surface area contributed by atoms with Gasteiger partial charge in [0.1, 0.15) is 0 Å². The molecule has 2 rings (SSSR count). The molecule has 1 aromatic carbocycles. The molecule has 3 nitrogen and oxygen atoms in total. The molecule has 0 fully saturated rings. The van der Waals surface area contributed by atoms with E-state index < -0.39 is 0 Å². The number of pyridine rings is 1. The Morgan fingerprint density at radius 3 is 2.33 bits per heavy atom. The van der Waals surface area contributed by atoms with Crippen molar-refractivity contribution in [3.05, 3.63) is 62.9 Å². The van der Waals surface area contributed by atoms with Crippen molar-refractivity contribution in [1.82, 2.24) is 4.57 Å². The van der Waals surface area contributed by atoms with Gasteiger partial charge in [0.15, 0.2) is 5.88 Å². The highest BCUT2D eigenvalue weighted by atomic mass is 16.3.